The predicted octanol–water partition coefficient (Wildman–Crippen LogP) is 4.72. The largest absolute Gasteiger partial charge is 0.300 e. The molecular formula is C21H30O2. The number of carbonyl (C=O) groups excluding carboxylic acids is 2. The molecule has 0 spiro atoms. The number of fused-ring (bicyclic) bond motifs is 5. The predicted molar refractivity (Wildman–Crippen MR) is 90.9 cm³/mol. The van der Waals surface area contributed by atoms with Crippen LogP contribution in [0.25, 0.3) is 0 Å². The van der Waals surface area contributed by atoms with E-state index in [4.69, 9.17) is 1.37 Å². The summed E-state index contributed by atoms with van der Waals surface area (Å²) in [7, 11) is 0. The zero-order valence-corrected chi connectivity index (χ0v) is 14.7. The molecule has 0 radical (unpaired) electrons. The first-order valence-corrected chi connectivity index (χ1v) is 9.44. The van der Waals surface area contributed by atoms with Crippen molar-refractivity contribution in [2.75, 3.05) is 0 Å². The summed E-state index contributed by atoms with van der Waals surface area (Å²) in [6, 6.07) is 0. The number of allylic oxidation sites excluding steroid dienone is 1. The minimum Gasteiger partial charge on any atom is -0.300 e. The Bertz CT molecular complexity index is 623. The van der Waals surface area contributed by atoms with Gasteiger partial charge in [0.15, 0.2) is 5.78 Å². The summed E-state index contributed by atoms with van der Waals surface area (Å²) >= 11 is 0. The highest BCUT2D eigenvalue weighted by atomic mass is 16.1. The Morgan fingerprint density at radius 2 is 1.96 bits per heavy atom. The Labute approximate surface area is 141 Å². The second kappa shape index (κ2) is 5.04. The molecule has 0 aromatic carbocycles. The number of hydrogen-bond donors (Lipinski definition) is 0. The molecule has 2 nitrogen and oxygen atoms in total. The van der Waals surface area contributed by atoms with Crippen molar-refractivity contribution in [1.82, 2.24) is 0 Å². The van der Waals surface area contributed by atoms with Crippen molar-refractivity contribution in [3.8, 4) is 0 Å². The Hall–Kier alpha value is -0.920. The van der Waals surface area contributed by atoms with Gasteiger partial charge >= 0.3 is 0 Å². The van der Waals surface area contributed by atoms with Crippen LogP contribution in [0.5, 0.6) is 0 Å². The SMILES string of the molecule is [3H][C@@H]1CC2=CC(=O)CC[C@]2(C)[C@H]2CC[C@]3(C)[C@@H](C(C)=O)CC[C@H]3C12. The minimum absolute atomic E-state index is 0.101. The van der Waals surface area contributed by atoms with Gasteiger partial charge in [0.05, 0.1) is 0 Å². The van der Waals surface area contributed by atoms with Crippen LogP contribution in [0.15, 0.2) is 11.6 Å². The van der Waals surface area contributed by atoms with Crippen molar-refractivity contribution < 1.29 is 11.0 Å². The van der Waals surface area contributed by atoms with Crippen LogP contribution in [0, 0.1) is 34.5 Å². The fourth-order valence-corrected chi connectivity index (χ4v) is 6.89. The van der Waals surface area contributed by atoms with Crippen LogP contribution in [0.3, 0.4) is 0 Å². The molecule has 0 saturated heterocycles. The second-order valence-corrected chi connectivity index (χ2v) is 9.07. The summed E-state index contributed by atoms with van der Waals surface area (Å²) in [6.07, 6.45) is 8.55. The van der Waals surface area contributed by atoms with Crippen LogP contribution >= 0.6 is 0 Å². The monoisotopic (exact) mass is 316 g/mol. The number of rotatable bonds is 1. The van der Waals surface area contributed by atoms with E-state index in [1.165, 1.54) is 5.57 Å². The lowest BCUT2D eigenvalue weighted by molar-refractivity contribution is -0.128. The molecule has 1 unspecified atom stereocenters. The lowest BCUT2D eigenvalue weighted by Gasteiger charge is -2.58. The Morgan fingerprint density at radius 3 is 2.70 bits per heavy atom. The summed E-state index contributed by atoms with van der Waals surface area (Å²) in [6.45, 7) is 6.45. The molecule has 7 atom stereocenters. The smallest absolute Gasteiger partial charge is 0.155 e. The van der Waals surface area contributed by atoms with E-state index in [1.54, 1.807) is 6.92 Å². The molecule has 0 aliphatic heterocycles. The molecule has 0 aromatic rings. The van der Waals surface area contributed by atoms with Crippen LogP contribution in [-0.4, -0.2) is 11.6 Å². The number of carbonyl (C=O) groups is 2. The lowest BCUT2D eigenvalue weighted by atomic mass is 9.47. The first-order chi connectivity index (χ1) is 11.3. The number of ketones is 2. The van der Waals surface area contributed by atoms with Gasteiger partial charge in [-0.1, -0.05) is 19.4 Å². The van der Waals surface area contributed by atoms with Gasteiger partial charge in [-0.15, -0.1) is 0 Å². The van der Waals surface area contributed by atoms with Crippen LogP contribution in [0.1, 0.15) is 73.5 Å². The first kappa shape index (κ1) is 14.4. The summed E-state index contributed by atoms with van der Waals surface area (Å²) in [5, 5.41) is 0. The van der Waals surface area contributed by atoms with E-state index in [0.29, 0.717) is 30.0 Å². The van der Waals surface area contributed by atoms with Crippen molar-refractivity contribution in [3.63, 3.8) is 0 Å². The van der Waals surface area contributed by atoms with Gasteiger partial charge in [0.1, 0.15) is 5.78 Å². The van der Waals surface area contributed by atoms with E-state index in [1.807, 2.05) is 6.08 Å². The third-order valence-electron chi connectivity index (χ3n) is 8.21. The lowest BCUT2D eigenvalue weighted by Crippen LogP contribution is -2.51. The molecule has 4 aliphatic rings. The van der Waals surface area contributed by atoms with Crippen LogP contribution in [0.2, 0.25) is 0 Å². The van der Waals surface area contributed by atoms with E-state index in [2.05, 4.69) is 13.8 Å². The molecule has 3 fully saturated rings. The van der Waals surface area contributed by atoms with E-state index in [-0.39, 0.29) is 28.9 Å². The second-order valence-electron chi connectivity index (χ2n) is 9.07. The average molecular weight is 316 g/mol. The highest BCUT2D eigenvalue weighted by Gasteiger charge is 2.59. The van der Waals surface area contributed by atoms with Gasteiger partial charge in [-0.2, -0.15) is 0 Å². The number of hydrogen-bond acceptors (Lipinski definition) is 2. The molecule has 0 N–H and O–H groups in total. The summed E-state index contributed by atoms with van der Waals surface area (Å²) in [5.74, 6) is 2.26. The van der Waals surface area contributed by atoms with Crippen LogP contribution < -0.4 is 0 Å². The quantitative estimate of drug-likeness (QED) is 0.701. The van der Waals surface area contributed by atoms with Crippen molar-refractivity contribution >= 4 is 11.6 Å². The Morgan fingerprint density at radius 1 is 1.17 bits per heavy atom. The zero-order chi connectivity index (χ0) is 17.3. The fourth-order valence-electron chi connectivity index (χ4n) is 6.89. The van der Waals surface area contributed by atoms with E-state index in [9.17, 15) is 9.59 Å². The maximum atomic E-state index is 12.2. The normalized spacial score (nSPS) is 52.8. The molecule has 4 aliphatic carbocycles. The van der Waals surface area contributed by atoms with Crippen molar-refractivity contribution in [2.45, 2.75) is 72.1 Å². The van der Waals surface area contributed by atoms with Gasteiger partial charge < -0.3 is 0 Å². The van der Waals surface area contributed by atoms with E-state index >= 15 is 0 Å². The molecule has 3 saturated carbocycles. The summed E-state index contributed by atoms with van der Waals surface area (Å²) in [4.78, 5) is 24.1. The van der Waals surface area contributed by atoms with E-state index < -0.39 is 0 Å². The van der Waals surface area contributed by atoms with Crippen LogP contribution in [0.4, 0.5) is 0 Å². The average Bonchev–Trinajstić information content (AvgIpc) is 2.86. The molecule has 23 heavy (non-hydrogen) atoms. The topological polar surface area (TPSA) is 34.1 Å². The minimum atomic E-state index is -0.101. The highest BCUT2D eigenvalue weighted by Crippen LogP contribution is 2.66. The maximum Gasteiger partial charge on any atom is 0.155 e. The molecular weight excluding hydrogens is 284 g/mol. The van der Waals surface area contributed by atoms with Gasteiger partial charge in [-0.25, -0.2) is 0 Å². The molecule has 0 amide bonds. The van der Waals surface area contributed by atoms with Gasteiger partial charge in [0.2, 0.25) is 0 Å². The van der Waals surface area contributed by atoms with Gasteiger partial charge in [0, 0.05) is 13.7 Å². The zero-order valence-electron chi connectivity index (χ0n) is 15.7. The first-order valence-electron chi connectivity index (χ1n) is 10.0. The number of Topliss-reactive ketones (excluding diaryl/α,β-unsaturated/α-hetero) is 1. The van der Waals surface area contributed by atoms with Gasteiger partial charge in [-0.05, 0) is 86.5 Å². The summed E-state index contributed by atoms with van der Waals surface area (Å²) in [5.41, 5.74) is 1.48. The van der Waals surface area contributed by atoms with Crippen molar-refractivity contribution in [3.05, 3.63) is 11.6 Å². The Kier molecular flexibility index (Phi) is 3.16. The van der Waals surface area contributed by atoms with E-state index in [0.717, 1.165) is 38.5 Å². The standard InChI is InChI=1S/C21H30O2/c1-13(22)17-6-7-18-16-5-4-14-12-15(23)8-10-20(14,2)19(16)9-11-21(17,18)3/h12,16-19H,4-11H2,1-3H3/t16?,17-,18+,19+,20+,21-/m1/s1/i5T/t5-,16?,17-,18+,19+,20+,21-. The van der Waals surface area contributed by atoms with Crippen molar-refractivity contribution in [1.29, 1.82) is 0 Å². The summed E-state index contributed by atoms with van der Waals surface area (Å²) < 4.78 is 8.85. The third-order valence-corrected chi connectivity index (χ3v) is 8.21. The highest BCUT2D eigenvalue weighted by molar-refractivity contribution is 5.91. The molecule has 126 valence electrons. The molecule has 0 heterocycles. The molecule has 4 rings (SSSR count). The molecule has 0 bridgehead atoms. The van der Waals surface area contributed by atoms with Gasteiger partial charge in [0.25, 0.3) is 0 Å². The van der Waals surface area contributed by atoms with Crippen LogP contribution in [-0.2, 0) is 9.59 Å². The molecule has 2 heteroatoms. The van der Waals surface area contributed by atoms with Crippen molar-refractivity contribution in [2.24, 2.45) is 34.5 Å². The fraction of sp³-hybridized carbons (Fsp3) is 0.810. The molecule has 0 aromatic heterocycles. The maximum absolute atomic E-state index is 12.2. The van der Waals surface area contributed by atoms with Gasteiger partial charge in [-0.3, -0.25) is 9.59 Å². The third kappa shape index (κ3) is 2.06. The Balaban J connectivity index is 1.72.